The van der Waals surface area contributed by atoms with E-state index in [9.17, 15) is 9.59 Å². The molecular formula is C13H18O8. The smallest absolute Gasteiger partial charge is 0.344 e. The van der Waals surface area contributed by atoms with Crippen molar-refractivity contribution < 1.29 is 38.0 Å². The van der Waals surface area contributed by atoms with Crippen molar-refractivity contribution in [1.82, 2.24) is 0 Å². The van der Waals surface area contributed by atoms with E-state index in [2.05, 4.69) is 0 Å². The molecule has 0 unspecified atom stereocenters. The van der Waals surface area contributed by atoms with E-state index in [-0.39, 0.29) is 13.2 Å². The fourth-order valence-corrected chi connectivity index (χ4v) is 4.26. The minimum Gasteiger partial charge on any atom is -0.467 e. The number of hydrogen-bond acceptors (Lipinski definition) is 8. The first kappa shape index (κ1) is 14.7. The van der Waals surface area contributed by atoms with Gasteiger partial charge in [-0.2, -0.15) is 0 Å². The van der Waals surface area contributed by atoms with Crippen LogP contribution in [-0.4, -0.2) is 70.6 Å². The predicted molar refractivity (Wildman–Crippen MR) is 65.1 cm³/mol. The zero-order valence-corrected chi connectivity index (χ0v) is 12.3. The lowest BCUT2D eigenvalue weighted by Crippen LogP contribution is -2.84. The van der Waals surface area contributed by atoms with E-state index in [1.807, 2.05) is 0 Å². The fraction of sp³-hybridized carbons (Fsp3) is 0.846. The first-order valence-corrected chi connectivity index (χ1v) is 6.57. The molecule has 2 bridgehead atoms. The molecule has 8 heteroatoms. The van der Waals surface area contributed by atoms with Gasteiger partial charge < -0.3 is 28.4 Å². The first-order chi connectivity index (χ1) is 10.0. The highest BCUT2D eigenvalue weighted by atomic mass is 16.8. The van der Waals surface area contributed by atoms with Crippen molar-refractivity contribution in [3.63, 3.8) is 0 Å². The average molecular weight is 302 g/mol. The molecule has 118 valence electrons. The Bertz CT molecular complexity index is 449. The second-order valence-corrected chi connectivity index (χ2v) is 5.33. The molecule has 0 aromatic rings. The fourth-order valence-electron chi connectivity index (χ4n) is 4.26. The molecule has 0 amide bonds. The summed E-state index contributed by atoms with van der Waals surface area (Å²) in [4.78, 5) is 24.8. The van der Waals surface area contributed by atoms with Gasteiger partial charge in [-0.15, -0.1) is 0 Å². The SMILES string of the molecule is COC(=O)[C@@]12O[C@@](C(=O)OC)([C@H]3COC[C@H]31)C2(OC)OC. The van der Waals surface area contributed by atoms with Crippen molar-refractivity contribution in [3.8, 4) is 0 Å². The van der Waals surface area contributed by atoms with E-state index in [1.54, 1.807) is 0 Å². The molecule has 4 atom stereocenters. The van der Waals surface area contributed by atoms with Crippen LogP contribution in [0.1, 0.15) is 0 Å². The molecule has 21 heavy (non-hydrogen) atoms. The predicted octanol–water partition coefficient (Wildman–Crippen LogP) is -0.894. The van der Waals surface area contributed by atoms with Crippen molar-refractivity contribution in [3.05, 3.63) is 0 Å². The standard InChI is InChI=1S/C13H18O8/c1-16-9(14)11-7-5-20-6-8(7)12(21-11,10(15)17-2)13(11,18-3)19-4/h7-8H,5-6H2,1-4H3/t7-,8+,11+,12-. The van der Waals surface area contributed by atoms with Gasteiger partial charge in [0.25, 0.3) is 5.79 Å². The van der Waals surface area contributed by atoms with Gasteiger partial charge >= 0.3 is 11.9 Å². The van der Waals surface area contributed by atoms with Crippen LogP contribution in [0.4, 0.5) is 0 Å². The molecule has 0 spiro atoms. The number of rotatable bonds is 4. The Morgan fingerprint density at radius 1 is 0.905 bits per heavy atom. The Morgan fingerprint density at radius 3 is 1.67 bits per heavy atom. The molecule has 0 aromatic carbocycles. The lowest BCUT2D eigenvalue weighted by Gasteiger charge is -2.59. The van der Waals surface area contributed by atoms with E-state index in [0.717, 1.165) is 0 Å². The quantitative estimate of drug-likeness (QED) is 0.488. The van der Waals surface area contributed by atoms with Crippen LogP contribution in [0.25, 0.3) is 0 Å². The second kappa shape index (κ2) is 4.39. The van der Waals surface area contributed by atoms with Gasteiger partial charge in [0.2, 0.25) is 11.2 Å². The summed E-state index contributed by atoms with van der Waals surface area (Å²) in [6.45, 7) is 0.514. The van der Waals surface area contributed by atoms with E-state index < -0.39 is 40.8 Å². The summed E-state index contributed by atoms with van der Waals surface area (Å²) < 4.78 is 32.0. The van der Waals surface area contributed by atoms with Gasteiger partial charge in [-0.3, -0.25) is 0 Å². The number of esters is 2. The van der Waals surface area contributed by atoms with Crippen LogP contribution < -0.4 is 0 Å². The van der Waals surface area contributed by atoms with Crippen molar-refractivity contribution in [2.24, 2.45) is 11.8 Å². The molecule has 3 saturated heterocycles. The van der Waals surface area contributed by atoms with E-state index >= 15 is 0 Å². The second-order valence-electron chi connectivity index (χ2n) is 5.33. The lowest BCUT2D eigenvalue weighted by molar-refractivity contribution is -0.448. The highest BCUT2D eigenvalue weighted by Crippen LogP contribution is 2.71. The Hall–Kier alpha value is -1.22. The average Bonchev–Trinajstić information content (AvgIpc) is 3.11. The largest absolute Gasteiger partial charge is 0.467 e. The number of methoxy groups -OCH3 is 4. The molecule has 0 N–H and O–H groups in total. The molecule has 1 aliphatic carbocycles. The van der Waals surface area contributed by atoms with Gasteiger partial charge in [0.1, 0.15) is 0 Å². The van der Waals surface area contributed by atoms with Crippen LogP contribution in [-0.2, 0) is 38.0 Å². The monoisotopic (exact) mass is 302 g/mol. The molecule has 3 aliphatic heterocycles. The van der Waals surface area contributed by atoms with E-state index in [4.69, 9.17) is 28.4 Å². The maximum absolute atomic E-state index is 12.4. The number of ether oxygens (including phenoxy) is 6. The summed E-state index contributed by atoms with van der Waals surface area (Å²) in [6.07, 6.45) is 0. The lowest BCUT2D eigenvalue weighted by atomic mass is 9.77. The van der Waals surface area contributed by atoms with Crippen LogP contribution in [0.5, 0.6) is 0 Å². The Balaban J connectivity index is 2.19. The normalized spacial score (nSPS) is 42.1. The molecule has 1 saturated carbocycles. The summed E-state index contributed by atoms with van der Waals surface area (Å²) >= 11 is 0. The summed E-state index contributed by atoms with van der Waals surface area (Å²) in [7, 11) is 5.22. The van der Waals surface area contributed by atoms with Crippen LogP contribution in [0, 0.1) is 11.8 Å². The Labute approximate surface area is 121 Å². The Morgan fingerprint density at radius 2 is 1.33 bits per heavy atom. The van der Waals surface area contributed by atoms with Crippen LogP contribution >= 0.6 is 0 Å². The van der Waals surface area contributed by atoms with Crippen molar-refractivity contribution >= 4 is 11.9 Å². The maximum Gasteiger partial charge on any atom is 0.344 e. The molecule has 4 fully saturated rings. The molecule has 0 aromatic heterocycles. The highest BCUT2D eigenvalue weighted by molar-refractivity contribution is 5.94. The zero-order chi connectivity index (χ0) is 15.5. The summed E-state index contributed by atoms with van der Waals surface area (Å²) in [5.41, 5.74) is -3.05. The number of carbonyl (C=O) groups excluding carboxylic acids is 2. The van der Waals surface area contributed by atoms with Crippen LogP contribution in [0.3, 0.4) is 0 Å². The van der Waals surface area contributed by atoms with Gasteiger partial charge in [-0.05, 0) is 0 Å². The molecule has 8 nitrogen and oxygen atoms in total. The van der Waals surface area contributed by atoms with Gasteiger partial charge in [0.15, 0.2) is 0 Å². The summed E-state index contributed by atoms with van der Waals surface area (Å²) in [5, 5.41) is 0. The number of carbonyl (C=O) groups is 2. The third-order valence-electron chi connectivity index (χ3n) is 4.98. The summed E-state index contributed by atoms with van der Waals surface area (Å²) in [5.74, 6) is -3.68. The first-order valence-electron chi connectivity index (χ1n) is 6.57. The van der Waals surface area contributed by atoms with Crippen LogP contribution in [0.15, 0.2) is 0 Å². The van der Waals surface area contributed by atoms with Crippen molar-refractivity contribution in [2.75, 3.05) is 41.7 Å². The topological polar surface area (TPSA) is 89.5 Å². The molecule has 3 heterocycles. The van der Waals surface area contributed by atoms with Gasteiger partial charge in [-0.1, -0.05) is 0 Å². The number of hydrogen-bond donors (Lipinski definition) is 0. The maximum atomic E-state index is 12.4. The van der Waals surface area contributed by atoms with E-state index in [1.165, 1.54) is 28.4 Å². The van der Waals surface area contributed by atoms with Crippen molar-refractivity contribution in [1.29, 1.82) is 0 Å². The third-order valence-corrected chi connectivity index (χ3v) is 4.98. The minimum absolute atomic E-state index is 0.257. The van der Waals surface area contributed by atoms with Gasteiger partial charge in [0.05, 0.1) is 27.4 Å². The Kier molecular flexibility index (Phi) is 3.07. The van der Waals surface area contributed by atoms with Gasteiger partial charge in [0, 0.05) is 26.1 Å². The van der Waals surface area contributed by atoms with Crippen LogP contribution in [0.2, 0.25) is 0 Å². The zero-order valence-electron chi connectivity index (χ0n) is 12.3. The van der Waals surface area contributed by atoms with Gasteiger partial charge in [-0.25, -0.2) is 9.59 Å². The highest BCUT2D eigenvalue weighted by Gasteiger charge is 2.97. The molecule has 0 radical (unpaired) electrons. The molecule has 4 aliphatic rings. The third kappa shape index (κ3) is 1.19. The molecular weight excluding hydrogens is 284 g/mol. The summed E-state index contributed by atoms with van der Waals surface area (Å²) in [6, 6.07) is 0. The van der Waals surface area contributed by atoms with Crippen molar-refractivity contribution in [2.45, 2.75) is 17.0 Å². The molecule has 4 rings (SSSR count). The minimum atomic E-state index is -1.58. The van der Waals surface area contributed by atoms with E-state index in [0.29, 0.717) is 0 Å².